The lowest BCUT2D eigenvalue weighted by atomic mass is 9.93. The highest BCUT2D eigenvalue weighted by atomic mass is 35.5. The Morgan fingerprint density at radius 3 is 2.63 bits per heavy atom. The van der Waals surface area contributed by atoms with E-state index in [1.165, 1.54) is 30.0 Å². The van der Waals surface area contributed by atoms with Crippen molar-refractivity contribution in [3.8, 4) is 0 Å². The number of nitrogens with zero attached hydrogens (tertiary/aromatic N) is 1. The summed E-state index contributed by atoms with van der Waals surface area (Å²) in [5.41, 5.74) is 4.62. The zero-order valence-electron chi connectivity index (χ0n) is 15.3. The monoisotopic (exact) mass is 404 g/mol. The lowest BCUT2D eigenvalue weighted by Crippen LogP contribution is -2.35. The van der Waals surface area contributed by atoms with Crippen LogP contribution < -0.4 is 4.72 Å². The van der Waals surface area contributed by atoms with Gasteiger partial charge in [-0.05, 0) is 67.5 Å². The van der Waals surface area contributed by atoms with Gasteiger partial charge in [0, 0.05) is 19.1 Å². The third-order valence-corrected chi connectivity index (χ3v) is 7.67. The summed E-state index contributed by atoms with van der Waals surface area (Å²) in [6, 6.07) is 13.8. The van der Waals surface area contributed by atoms with Gasteiger partial charge in [0.15, 0.2) is 0 Å². The molecule has 6 heteroatoms. The Morgan fingerprint density at radius 2 is 1.81 bits per heavy atom. The van der Waals surface area contributed by atoms with Crippen LogP contribution in [0, 0.1) is 0 Å². The third-order valence-electron chi connectivity index (χ3n) is 5.71. The molecule has 0 spiro atoms. The fourth-order valence-corrected chi connectivity index (χ4v) is 6.00. The zero-order valence-corrected chi connectivity index (χ0v) is 16.9. The molecule has 0 amide bonds. The van der Waals surface area contributed by atoms with Crippen LogP contribution in [-0.2, 0) is 22.9 Å². The topological polar surface area (TPSA) is 49.4 Å². The van der Waals surface area contributed by atoms with Crippen LogP contribution in [-0.4, -0.2) is 33.0 Å². The summed E-state index contributed by atoms with van der Waals surface area (Å²) in [4.78, 5) is 2.74. The predicted octanol–water partition coefficient (Wildman–Crippen LogP) is 3.94. The molecule has 4 nitrogen and oxygen atoms in total. The van der Waals surface area contributed by atoms with Gasteiger partial charge >= 0.3 is 0 Å². The molecule has 1 aliphatic carbocycles. The molecular formula is C21H25ClN2O2S. The fraction of sp³-hybridized carbons (Fsp3) is 0.429. The molecule has 0 fully saturated rings. The van der Waals surface area contributed by atoms with Gasteiger partial charge in [-0.15, -0.1) is 0 Å². The van der Waals surface area contributed by atoms with Gasteiger partial charge in [0.25, 0.3) is 0 Å². The SMILES string of the molecule is O=S(=O)(NCCCCN1CCc2cccc3c2C1CC3)c1ccccc1Cl. The van der Waals surface area contributed by atoms with Crippen LogP contribution >= 0.6 is 11.6 Å². The van der Waals surface area contributed by atoms with E-state index in [0.29, 0.717) is 12.6 Å². The van der Waals surface area contributed by atoms with Crippen LogP contribution in [0.5, 0.6) is 0 Å². The lowest BCUT2D eigenvalue weighted by molar-refractivity contribution is 0.182. The van der Waals surface area contributed by atoms with E-state index in [4.69, 9.17) is 11.6 Å². The van der Waals surface area contributed by atoms with Crippen LogP contribution in [0.25, 0.3) is 0 Å². The highest BCUT2D eigenvalue weighted by molar-refractivity contribution is 7.89. The van der Waals surface area contributed by atoms with Gasteiger partial charge in [-0.1, -0.05) is 41.9 Å². The highest BCUT2D eigenvalue weighted by Gasteiger charge is 2.32. The van der Waals surface area contributed by atoms with E-state index in [9.17, 15) is 8.42 Å². The van der Waals surface area contributed by atoms with Crippen molar-refractivity contribution in [1.82, 2.24) is 9.62 Å². The maximum Gasteiger partial charge on any atom is 0.242 e. The number of halogens is 1. The van der Waals surface area contributed by atoms with Crippen molar-refractivity contribution in [3.63, 3.8) is 0 Å². The highest BCUT2D eigenvalue weighted by Crippen LogP contribution is 2.41. The van der Waals surface area contributed by atoms with Gasteiger partial charge in [0.2, 0.25) is 10.0 Å². The molecule has 4 rings (SSSR count). The second kappa shape index (κ2) is 7.92. The van der Waals surface area contributed by atoms with Crippen molar-refractivity contribution in [3.05, 3.63) is 64.2 Å². The van der Waals surface area contributed by atoms with Crippen molar-refractivity contribution in [1.29, 1.82) is 0 Å². The Bertz CT molecular complexity index is 930. The molecule has 27 heavy (non-hydrogen) atoms. The van der Waals surface area contributed by atoms with E-state index >= 15 is 0 Å². The summed E-state index contributed by atoms with van der Waals surface area (Å²) in [7, 11) is -3.54. The molecule has 2 aromatic carbocycles. The molecule has 1 atom stereocenters. The second-order valence-electron chi connectivity index (χ2n) is 7.37. The van der Waals surface area contributed by atoms with Crippen LogP contribution in [0.15, 0.2) is 47.4 Å². The van der Waals surface area contributed by atoms with Crippen LogP contribution in [0.3, 0.4) is 0 Å². The molecule has 0 aromatic heterocycles. The number of nitrogens with one attached hydrogen (secondary N) is 1. The number of sulfonamides is 1. The summed E-state index contributed by atoms with van der Waals surface area (Å²) >= 11 is 6.00. The first-order valence-corrected chi connectivity index (χ1v) is 11.5. The summed E-state index contributed by atoms with van der Waals surface area (Å²) in [5, 5.41) is 0.258. The normalized spacial score (nSPS) is 19.2. The molecule has 1 aliphatic heterocycles. The van der Waals surface area contributed by atoms with Gasteiger partial charge in [0.05, 0.1) is 5.02 Å². The van der Waals surface area contributed by atoms with E-state index in [-0.39, 0.29) is 9.92 Å². The summed E-state index contributed by atoms with van der Waals surface area (Å²) < 4.78 is 27.4. The van der Waals surface area contributed by atoms with E-state index < -0.39 is 10.0 Å². The Hall–Kier alpha value is -1.40. The number of benzene rings is 2. The molecule has 0 radical (unpaired) electrons. The Balaban J connectivity index is 1.28. The predicted molar refractivity (Wildman–Crippen MR) is 109 cm³/mol. The van der Waals surface area contributed by atoms with Crippen molar-refractivity contribution < 1.29 is 8.42 Å². The number of rotatable bonds is 7. The number of hydrogen-bond acceptors (Lipinski definition) is 3. The molecule has 0 saturated carbocycles. The van der Waals surface area contributed by atoms with Gasteiger partial charge in [-0.3, -0.25) is 4.90 Å². The van der Waals surface area contributed by atoms with Crippen molar-refractivity contribution in [2.75, 3.05) is 19.6 Å². The number of unbranched alkanes of at least 4 members (excludes halogenated alkanes) is 1. The Kier molecular flexibility index (Phi) is 5.55. The minimum absolute atomic E-state index is 0.151. The van der Waals surface area contributed by atoms with Crippen molar-refractivity contribution >= 4 is 21.6 Å². The molecule has 0 saturated heterocycles. The Morgan fingerprint density at radius 1 is 1.04 bits per heavy atom. The first kappa shape index (κ1) is 18.9. The fourth-order valence-electron chi connectivity index (χ4n) is 4.41. The third kappa shape index (κ3) is 3.92. The first-order valence-electron chi connectivity index (χ1n) is 9.65. The minimum atomic E-state index is -3.54. The molecule has 0 bridgehead atoms. The van der Waals surface area contributed by atoms with Gasteiger partial charge in [-0.25, -0.2) is 13.1 Å². The van der Waals surface area contributed by atoms with Gasteiger partial charge in [-0.2, -0.15) is 0 Å². The quantitative estimate of drug-likeness (QED) is 0.711. The van der Waals surface area contributed by atoms with Crippen LogP contribution in [0.2, 0.25) is 5.02 Å². The minimum Gasteiger partial charge on any atom is -0.296 e. The van der Waals surface area contributed by atoms with Crippen molar-refractivity contribution in [2.45, 2.75) is 43.0 Å². The average molecular weight is 405 g/mol. The van der Waals surface area contributed by atoms with Crippen LogP contribution in [0.4, 0.5) is 0 Å². The largest absolute Gasteiger partial charge is 0.296 e. The molecule has 144 valence electrons. The van der Waals surface area contributed by atoms with E-state index in [0.717, 1.165) is 32.4 Å². The molecule has 1 N–H and O–H groups in total. The second-order valence-corrected chi connectivity index (χ2v) is 9.51. The maximum absolute atomic E-state index is 12.4. The standard InChI is InChI=1S/C21H25ClN2O2S/c22-18-8-1-2-9-20(18)27(25,26)23-13-3-4-14-24-15-12-17-7-5-6-16-10-11-19(24)21(16)17/h1-2,5-9,19,23H,3-4,10-15H2. The van der Waals surface area contributed by atoms with Gasteiger partial charge < -0.3 is 0 Å². The molecule has 1 unspecified atom stereocenters. The van der Waals surface area contributed by atoms with E-state index in [1.807, 2.05) is 0 Å². The molecule has 2 aromatic rings. The summed E-state index contributed by atoms with van der Waals surface area (Å²) in [6.45, 7) is 2.56. The molecule has 1 heterocycles. The summed E-state index contributed by atoms with van der Waals surface area (Å²) in [6.07, 6.45) is 5.33. The van der Waals surface area contributed by atoms with E-state index in [1.54, 1.807) is 23.8 Å². The number of hydrogen-bond donors (Lipinski definition) is 1. The maximum atomic E-state index is 12.4. The molecular weight excluding hydrogens is 380 g/mol. The van der Waals surface area contributed by atoms with E-state index in [2.05, 4.69) is 27.8 Å². The first-order chi connectivity index (χ1) is 13.1. The number of aryl methyl sites for hydroxylation is 1. The summed E-state index contributed by atoms with van der Waals surface area (Å²) in [5.74, 6) is 0. The Labute approximate surface area is 166 Å². The smallest absolute Gasteiger partial charge is 0.242 e. The average Bonchev–Trinajstić information content (AvgIpc) is 3.09. The molecule has 2 aliphatic rings. The zero-order chi connectivity index (χ0) is 18.9. The lowest BCUT2D eigenvalue weighted by Gasteiger charge is -2.35. The van der Waals surface area contributed by atoms with Crippen molar-refractivity contribution in [2.24, 2.45) is 0 Å². The van der Waals surface area contributed by atoms with Crippen LogP contribution in [0.1, 0.15) is 42.0 Å². The van der Waals surface area contributed by atoms with Gasteiger partial charge in [0.1, 0.15) is 4.90 Å².